The van der Waals surface area contributed by atoms with Crippen molar-refractivity contribution in [2.75, 3.05) is 34.4 Å². The average molecular weight is 505 g/mol. The van der Waals surface area contributed by atoms with Crippen LogP contribution in [0, 0.1) is 0 Å². The summed E-state index contributed by atoms with van der Waals surface area (Å²) in [6, 6.07) is 17.1. The van der Waals surface area contributed by atoms with Crippen molar-refractivity contribution < 1.29 is 28.6 Å². The van der Waals surface area contributed by atoms with Crippen LogP contribution in [0.2, 0.25) is 0 Å². The molecule has 1 aliphatic rings. The van der Waals surface area contributed by atoms with Gasteiger partial charge in [0.15, 0.2) is 0 Å². The van der Waals surface area contributed by atoms with Gasteiger partial charge in [-0.05, 0) is 31.2 Å². The Morgan fingerprint density at radius 3 is 2.30 bits per heavy atom. The molecule has 3 aromatic rings. The molecule has 0 fully saturated rings. The highest BCUT2D eigenvalue weighted by Crippen LogP contribution is 2.33. The molecule has 0 amide bonds. The first kappa shape index (κ1) is 26.2. The maximum absolute atomic E-state index is 13.2. The van der Waals surface area contributed by atoms with Crippen LogP contribution in [0.15, 0.2) is 65.7 Å². The lowest BCUT2D eigenvalue weighted by Gasteiger charge is -2.28. The van der Waals surface area contributed by atoms with Gasteiger partial charge < -0.3 is 18.8 Å². The fourth-order valence-electron chi connectivity index (χ4n) is 5.10. The summed E-state index contributed by atoms with van der Waals surface area (Å²) in [5.41, 5.74) is 4.17. The highest BCUT2D eigenvalue weighted by atomic mass is 16.5. The van der Waals surface area contributed by atoms with Crippen LogP contribution in [0.25, 0.3) is 10.9 Å². The molecule has 0 aliphatic carbocycles. The lowest BCUT2D eigenvalue weighted by atomic mass is 9.93. The summed E-state index contributed by atoms with van der Waals surface area (Å²) in [6.45, 7) is 2.92. The average Bonchev–Trinajstić information content (AvgIpc) is 3.23. The molecule has 1 aliphatic heterocycles. The lowest BCUT2D eigenvalue weighted by molar-refractivity contribution is -0.150. The van der Waals surface area contributed by atoms with Crippen LogP contribution in [-0.4, -0.2) is 67.8 Å². The fourth-order valence-corrected chi connectivity index (χ4v) is 5.10. The third-order valence-corrected chi connectivity index (χ3v) is 6.82. The molecule has 0 spiro atoms. The number of nitrogens with zero attached hydrogens (tertiary/aromatic N) is 2. The quantitative estimate of drug-likeness (QED) is 0.376. The van der Waals surface area contributed by atoms with Gasteiger partial charge in [-0.3, -0.25) is 4.90 Å². The number of fused-ring (bicyclic) bond motifs is 3. The number of benzene rings is 2. The standard InChI is InChI=1S/C29H32N2O6/c1-5-37-29(34)26-25(28(33)36-4)22(27(32)35-3)17-21-20-13-9-10-14-23(20)31(24(21)15-16-30(26)2)18-19-11-7-6-8-12-19/h6-14,26H,5,15-18H2,1-4H3/b25-22-. The predicted molar refractivity (Wildman–Crippen MR) is 139 cm³/mol. The number of para-hydroxylation sites is 1. The zero-order chi connectivity index (χ0) is 26.5. The van der Waals surface area contributed by atoms with Crippen LogP contribution in [0.4, 0.5) is 0 Å². The van der Waals surface area contributed by atoms with Gasteiger partial charge >= 0.3 is 17.9 Å². The SMILES string of the molecule is CCOC(=O)C1/C(C(=O)OC)=C(/C(=O)OC)Cc2c(n(Cc3ccccc3)c3ccccc23)CCN1C. The van der Waals surface area contributed by atoms with E-state index in [-0.39, 0.29) is 24.2 Å². The Balaban J connectivity index is 1.98. The Morgan fingerprint density at radius 2 is 1.62 bits per heavy atom. The van der Waals surface area contributed by atoms with Crippen LogP contribution < -0.4 is 0 Å². The predicted octanol–water partition coefficient (Wildman–Crippen LogP) is 3.29. The van der Waals surface area contributed by atoms with Gasteiger partial charge in [0.25, 0.3) is 0 Å². The number of rotatable bonds is 6. The second-order valence-corrected chi connectivity index (χ2v) is 8.95. The summed E-state index contributed by atoms with van der Waals surface area (Å²) in [7, 11) is 4.24. The number of aromatic nitrogens is 1. The van der Waals surface area contributed by atoms with Crippen molar-refractivity contribution in [2.45, 2.75) is 32.4 Å². The van der Waals surface area contributed by atoms with Gasteiger partial charge in [-0.25, -0.2) is 14.4 Å². The lowest BCUT2D eigenvalue weighted by Crippen LogP contribution is -2.45. The molecule has 4 rings (SSSR count). The van der Waals surface area contributed by atoms with Gasteiger partial charge in [0.2, 0.25) is 0 Å². The summed E-state index contributed by atoms with van der Waals surface area (Å²) in [5.74, 6) is -2.06. The van der Waals surface area contributed by atoms with Crippen molar-refractivity contribution in [1.29, 1.82) is 0 Å². The first-order valence-corrected chi connectivity index (χ1v) is 12.3. The van der Waals surface area contributed by atoms with E-state index in [0.717, 1.165) is 27.7 Å². The summed E-state index contributed by atoms with van der Waals surface area (Å²) in [5, 5.41) is 0.983. The topological polar surface area (TPSA) is 87.1 Å². The number of hydrogen-bond donors (Lipinski definition) is 0. The number of carbonyl (C=O) groups excluding carboxylic acids is 3. The minimum Gasteiger partial charge on any atom is -0.466 e. The number of methoxy groups -OCH3 is 2. The van der Waals surface area contributed by atoms with Crippen molar-refractivity contribution in [1.82, 2.24) is 9.47 Å². The van der Waals surface area contributed by atoms with Crippen LogP contribution in [0.3, 0.4) is 0 Å². The highest BCUT2D eigenvalue weighted by Gasteiger charge is 2.39. The van der Waals surface area contributed by atoms with Gasteiger partial charge in [0.1, 0.15) is 6.04 Å². The van der Waals surface area contributed by atoms with Gasteiger partial charge in [-0.2, -0.15) is 0 Å². The molecule has 8 nitrogen and oxygen atoms in total. The van der Waals surface area contributed by atoms with Crippen LogP contribution in [0.5, 0.6) is 0 Å². The van der Waals surface area contributed by atoms with E-state index in [1.54, 1.807) is 18.9 Å². The van der Waals surface area contributed by atoms with E-state index in [2.05, 4.69) is 22.8 Å². The van der Waals surface area contributed by atoms with E-state index < -0.39 is 23.9 Å². The normalized spacial score (nSPS) is 18.3. The Kier molecular flexibility index (Phi) is 8.08. The van der Waals surface area contributed by atoms with E-state index in [4.69, 9.17) is 14.2 Å². The molecule has 2 aromatic carbocycles. The molecule has 0 saturated heterocycles. The number of carbonyl (C=O) groups is 3. The molecule has 1 atom stereocenters. The molecule has 0 radical (unpaired) electrons. The molecule has 194 valence electrons. The Labute approximate surface area is 216 Å². The second kappa shape index (κ2) is 11.4. The summed E-state index contributed by atoms with van der Waals surface area (Å²) >= 11 is 0. The summed E-state index contributed by atoms with van der Waals surface area (Å²) < 4.78 is 17.8. The molecule has 2 heterocycles. The van der Waals surface area contributed by atoms with Gasteiger partial charge in [0, 0.05) is 42.5 Å². The van der Waals surface area contributed by atoms with Crippen molar-refractivity contribution in [3.8, 4) is 0 Å². The van der Waals surface area contributed by atoms with E-state index in [0.29, 0.717) is 19.5 Å². The number of hydrogen-bond acceptors (Lipinski definition) is 7. The van der Waals surface area contributed by atoms with Gasteiger partial charge in [-0.15, -0.1) is 0 Å². The molecule has 0 saturated carbocycles. The second-order valence-electron chi connectivity index (χ2n) is 8.95. The molecular formula is C29H32N2O6. The first-order chi connectivity index (χ1) is 17.9. The number of ether oxygens (including phenoxy) is 3. The van der Waals surface area contributed by atoms with Crippen molar-refractivity contribution in [3.05, 3.63) is 82.6 Å². The van der Waals surface area contributed by atoms with E-state index in [1.807, 2.05) is 36.4 Å². The molecule has 0 bridgehead atoms. The maximum atomic E-state index is 13.2. The zero-order valence-electron chi connectivity index (χ0n) is 21.7. The fraction of sp³-hybridized carbons (Fsp3) is 0.345. The third-order valence-electron chi connectivity index (χ3n) is 6.82. The minimum atomic E-state index is -1.11. The van der Waals surface area contributed by atoms with Gasteiger partial charge in [0.05, 0.1) is 32.0 Å². The molecule has 37 heavy (non-hydrogen) atoms. The van der Waals surface area contributed by atoms with Crippen molar-refractivity contribution in [3.63, 3.8) is 0 Å². The molecule has 8 heteroatoms. The van der Waals surface area contributed by atoms with Crippen LogP contribution in [0.1, 0.15) is 23.7 Å². The first-order valence-electron chi connectivity index (χ1n) is 12.3. The molecule has 0 N–H and O–H groups in total. The summed E-state index contributed by atoms with van der Waals surface area (Å²) in [4.78, 5) is 41.2. The maximum Gasteiger partial charge on any atom is 0.336 e. The van der Waals surface area contributed by atoms with Crippen LogP contribution >= 0.6 is 0 Å². The summed E-state index contributed by atoms with van der Waals surface area (Å²) in [6.07, 6.45) is 0.699. The Hall–Kier alpha value is -3.91. The Morgan fingerprint density at radius 1 is 0.946 bits per heavy atom. The van der Waals surface area contributed by atoms with Crippen LogP contribution in [-0.2, 0) is 48.0 Å². The largest absolute Gasteiger partial charge is 0.466 e. The van der Waals surface area contributed by atoms with Crippen molar-refractivity contribution in [2.24, 2.45) is 0 Å². The molecular weight excluding hydrogens is 472 g/mol. The smallest absolute Gasteiger partial charge is 0.336 e. The number of likely N-dealkylation sites (N-methyl/N-ethyl adjacent to an activating group) is 1. The third kappa shape index (κ3) is 5.15. The minimum absolute atomic E-state index is 0.0527. The van der Waals surface area contributed by atoms with Gasteiger partial charge in [-0.1, -0.05) is 48.5 Å². The molecule has 1 aromatic heterocycles. The molecule has 1 unspecified atom stereocenters. The van der Waals surface area contributed by atoms with E-state index in [1.165, 1.54) is 14.2 Å². The van der Waals surface area contributed by atoms with E-state index in [9.17, 15) is 14.4 Å². The monoisotopic (exact) mass is 504 g/mol. The van der Waals surface area contributed by atoms with Crippen molar-refractivity contribution >= 4 is 28.8 Å². The van der Waals surface area contributed by atoms with E-state index >= 15 is 0 Å². The Bertz CT molecular complexity index is 1340. The number of esters is 3. The zero-order valence-corrected chi connectivity index (χ0v) is 21.7. The highest BCUT2D eigenvalue weighted by molar-refractivity contribution is 6.06.